The first-order valence-corrected chi connectivity index (χ1v) is 6.77. The molecular formula is C15H19N3O2. The Labute approximate surface area is 118 Å². The maximum Gasteiger partial charge on any atom is 0.263 e. The van der Waals surface area contributed by atoms with Crippen LogP contribution in [0.2, 0.25) is 0 Å². The molecule has 0 spiro atoms. The number of rotatable bonds is 6. The number of aryl methyl sites for hydroxylation is 2. The Morgan fingerprint density at radius 1 is 1.30 bits per heavy atom. The summed E-state index contributed by atoms with van der Waals surface area (Å²) >= 11 is 0. The predicted molar refractivity (Wildman–Crippen MR) is 77.9 cm³/mol. The van der Waals surface area contributed by atoms with Gasteiger partial charge < -0.3 is 10.1 Å². The van der Waals surface area contributed by atoms with Crippen molar-refractivity contribution >= 4 is 11.7 Å². The highest BCUT2D eigenvalue weighted by Gasteiger charge is 2.06. The Hall–Kier alpha value is -2.30. The molecule has 1 heterocycles. The number of carbonyl (C=O) groups excluding carboxylic acids is 1. The van der Waals surface area contributed by atoms with E-state index >= 15 is 0 Å². The number of hydrogen-bond acceptors (Lipinski definition) is 3. The number of H-pyrrole nitrogens is 1. The molecule has 0 fully saturated rings. The van der Waals surface area contributed by atoms with E-state index in [0.29, 0.717) is 11.6 Å². The third kappa shape index (κ3) is 3.85. The lowest BCUT2D eigenvalue weighted by molar-refractivity contribution is -0.118. The lowest BCUT2D eigenvalue weighted by atomic mass is 10.2. The van der Waals surface area contributed by atoms with Crippen LogP contribution in [0, 0.1) is 0 Å². The van der Waals surface area contributed by atoms with Crippen molar-refractivity contribution in [2.45, 2.75) is 26.7 Å². The van der Waals surface area contributed by atoms with Crippen LogP contribution in [0.3, 0.4) is 0 Å². The summed E-state index contributed by atoms with van der Waals surface area (Å²) in [6.45, 7) is 4.07. The second-order valence-electron chi connectivity index (χ2n) is 4.47. The van der Waals surface area contributed by atoms with E-state index < -0.39 is 0 Å². The van der Waals surface area contributed by atoms with Gasteiger partial charge in [-0.3, -0.25) is 9.89 Å². The molecule has 0 aliphatic heterocycles. The van der Waals surface area contributed by atoms with Crippen LogP contribution in [0.1, 0.15) is 25.1 Å². The Balaban J connectivity index is 1.85. The fourth-order valence-electron chi connectivity index (χ4n) is 1.79. The second kappa shape index (κ2) is 6.75. The van der Waals surface area contributed by atoms with Gasteiger partial charge in [-0.25, -0.2) is 0 Å². The molecule has 0 radical (unpaired) electrons. The minimum atomic E-state index is -0.221. The third-order valence-electron chi connectivity index (χ3n) is 2.96. The van der Waals surface area contributed by atoms with Crippen molar-refractivity contribution in [1.82, 2.24) is 10.2 Å². The van der Waals surface area contributed by atoms with Crippen LogP contribution >= 0.6 is 0 Å². The van der Waals surface area contributed by atoms with Crippen LogP contribution < -0.4 is 10.1 Å². The molecule has 1 amide bonds. The zero-order chi connectivity index (χ0) is 14.4. The van der Waals surface area contributed by atoms with Gasteiger partial charge in [0.25, 0.3) is 5.91 Å². The molecule has 0 unspecified atom stereocenters. The Kier molecular flexibility index (Phi) is 4.76. The summed E-state index contributed by atoms with van der Waals surface area (Å²) in [5, 5.41) is 9.53. The van der Waals surface area contributed by atoms with Crippen molar-refractivity contribution in [2.75, 3.05) is 11.9 Å². The van der Waals surface area contributed by atoms with Crippen molar-refractivity contribution in [2.24, 2.45) is 0 Å². The minimum absolute atomic E-state index is 0.0263. The molecule has 0 aliphatic carbocycles. The normalized spacial score (nSPS) is 10.3. The monoisotopic (exact) mass is 273 g/mol. The summed E-state index contributed by atoms with van der Waals surface area (Å²) in [7, 11) is 0. The zero-order valence-electron chi connectivity index (χ0n) is 11.8. The Morgan fingerprint density at radius 2 is 2.15 bits per heavy atom. The van der Waals surface area contributed by atoms with Gasteiger partial charge in [-0.05, 0) is 30.5 Å². The maximum atomic E-state index is 11.7. The lowest BCUT2D eigenvalue weighted by Crippen LogP contribution is -2.20. The molecule has 2 N–H and O–H groups in total. The van der Waals surface area contributed by atoms with Gasteiger partial charge in [0.15, 0.2) is 12.4 Å². The molecule has 5 nitrogen and oxygen atoms in total. The Morgan fingerprint density at radius 3 is 2.85 bits per heavy atom. The number of nitrogens with one attached hydrogen (secondary N) is 2. The predicted octanol–water partition coefficient (Wildman–Crippen LogP) is 2.55. The molecule has 106 valence electrons. The van der Waals surface area contributed by atoms with Gasteiger partial charge in [0, 0.05) is 11.8 Å². The highest BCUT2D eigenvalue weighted by Crippen LogP contribution is 2.13. The van der Waals surface area contributed by atoms with Crippen molar-refractivity contribution in [3.63, 3.8) is 0 Å². The number of anilines is 1. The summed E-state index contributed by atoms with van der Waals surface area (Å²) in [6.07, 6.45) is 1.79. The highest BCUT2D eigenvalue weighted by molar-refractivity contribution is 5.90. The number of hydrogen-bond donors (Lipinski definition) is 2. The van der Waals surface area contributed by atoms with Crippen molar-refractivity contribution in [3.05, 3.63) is 41.6 Å². The molecule has 0 saturated carbocycles. The standard InChI is InChI=1S/C15H19N3O2/c1-3-11-6-5-7-13(8-11)20-10-15(19)16-14-9-12(4-2)17-18-14/h5-9H,3-4,10H2,1-2H3,(H2,16,17,18,19). The SMILES string of the molecule is CCc1cccc(OCC(=O)Nc2cc(CC)[nH]n2)c1. The highest BCUT2D eigenvalue weighted by atomic mass is 16.5. The smallest absolute Gasteiger partial charge is 0.263 e. The summed E-state index contributed by atoms with van der Waals surface area (Å²) < 4.78 is 5.47. The van der Waals surface area contributed by atoms with Crippen LogP contribution in [0.5, 0.6) is 5.75 Å². The van der Waals surface area contributed by atoms with Crippen LogP contribution in [0.15, 0.2) is 30.3 Å². The molecule has 2 rings (SSSR count). The van der Waals surface area contributed by atoms with E-state index in [1.165, 1.54) is 5.56 Å². The summed E-state index contributed by atoms with van der Waals surface area (Å²) in [6, 6.07) is 9.55. The molecular weight excluding hydrogens is 254 g/mol. The molecule has 1 aromatic carbocycles. The van der Waals surface area contributed by atoms with E-state index in [-0.39, 0.29) is 12.5 Å². The first-order chi connectivity index (χ1) is 9.71. The van der Waals surface area contributed by atoms with Gasteiger partial charge in [0.05, 0.1) is 0 Å². The minimum Gasteiger partial charge on any atom is -0.484 e. The number of carbonyl (C=O) groups is 1. The van der Waals surface area contributed by atoms with Crippen LogP contribution in [-0.2, 0) is 17.6 Å². The molecule has 0 saturated heterocycles. The maximum absolute atomic E-state index is 11.7. The van der Waals surface area contributed by atoms with Crippen molar-refractivity contribution < 1.29 is 9.53 Å². The third-order valence-corrected chi connectivity index (χ3v) is 2.96. The van der Waals surface area contributed by atoms with Crippen molar-refractivity contribution in [3.8, 4) is 5.75 Å². The van der Waals surface area contributed by atoms with E-state index in [2.05, 4.69) is 22.4 Å². The zero-order valence-corrected chi connectivity index (χ0v) is 11.8. The van der Waals surface area contributed by atoms with Crippen LogP contribution in [0.25, 0.3) is 0 Å². The van der Waals surface area contributed by atoms with Gasteiger partial charge in [-0.2, -0.15) is 5.10 Å². The molecule has 1 aromatic heterocycles. The quantitative estimate of drug-likeness (QED) is 0.850. The summed E-state index contributed by atoms with van der Waals surface area (Å²) in [5.41, 5.74) is 2.17. The van der Waals surface area contributed by atoms with Gasteiger partial charge in [-0.15, -0.1) is 0 Å². The average Bonchev–Trinajstić information content (AvgIpc) is 2.93. The first kappa shape index (κ1) is 14.1. The first-order valence-electron chi connectivity index (χ1n) is 6.77. The van der Waals surface area contributed by atoms with E-state index in [0.717, 1.165) is 18.5 Å². The van der Waals surface area contributed by atoms with E-state index in [9.17, 15) is 4.79 Å². The van der Waals surface area contributed by atoms with Gasteiger partial charge in [-0.1, -0.05) is 26.0 Å². The fraction of sp³-hybridized carbons (Fsp3) is 0.333. The van der Waals surface area contributed by atoms with Crippen LogP contribution in [0.4, 0.5) is 5.82 Å². The fourth-order valence-corrected chi connectivity index (χ4v) is 1.79. The molecule has 0 bridgehead atoms. The van der Waals surface area contributed by atoms with Crippen molar-refractivity contribution in [1.29, 1.82) is 0 Å². The van der Waals surface area contributed by atoms with Crippen LogP contribution in [-0.4, -0.2) is 22.7 Å². The largest absolute Gasteiger partial charge is 0.484 e. The van der Waals surface area contributed by atoms with E-state index in [4.69, 9.17) is 4.74 Å². The second-order valence-corrected chi connectivity index (χ2v) is 4.47. The van der Waals surface area contributed by atoms with Gasteiger partial charge >= 0.3 is 0 Å². The molecule has 2 aromatic rings. The molecule has 0 aliphatic rings. The Bertz CT molecular complexity index is 578. The van der Waals surface area contributed by atoms with Gasteiger partial charge in [0.1, 0.15) is 5.75 Å². The molecule has 0 atom stereocenters. The number of benzene rings is 1. The number of ether oxygens (including phenoxy) is 1. The summed E-state index contributed by atoms with van der Waals surface area (Å²) in [5.74, 6) is 1.01. The molecule has 20 heavy (non-hydrogen) atoms. The van der Waals surface area contributed by atoms with Gasteiger partial charge in [0.2, 0.25) is 0 Å². The number of amides is 1. The van der Waals surface area contributed by atoms with E-state index in [1.807, 2.05) is 37.3 Å². The lowest BCUT2D eigenvalue weighted by Gasteiger charge is -2.07. The number of aromatic nitrogens is 2. The topological polar surface area (TPSA) is 67.0 Å². The molecule has 5 heteroatoms. The van der Waals surface area contributed by atoms with E-state index in [1.54, 1.807) is 0 Å². The average molecular weight is 273 g/mol. The number of aromatic amines is 1. The number of nitrogens with zero attached hydrogens (tertiary/aromatic N) is 1. The summed E-state index contributed by atoms with van der Waals surface area (Å²) in [4.78, 5) is 11.7.